The smallest absolute Gasteiger partial charge is 0.340 e. The second kappa shape index (κ2) is 11.4. The normalized spacial score (nSPS) is 22.4. The number of carbonyl (C=O) groups is 3. The van der Waals surface area contributed by atoms with Crippen molar-refractivity contribution < 1.29 is 38.4 Å². The number of hydrogen-bond donors (Lipinski definition) is 1. The molecule has 1 aliphatic rings. The molecule has 1 aliphatic heterocycles. The van der Waals surface area contributed by atoms with Crippen molar-refractivity contribution in [3.63, 3.8) is 0 Å². The fourth-order valence-corrected chi connectivity index (χ4v) is 3.63. The molecule has 4 atom stereocenters. The van der Waals surface area contributed by atoms with Crippen LogP contribution in [0.3, 0.4) is 0 Å². The molecule has 0 amide bonds. The van der Waals surface area contributed by atoms with Gasteiger partial charge in [0.2, 0.25) is 12.0 Å². The number of carbonyl (C=O) groups excluding carboxylic acids is 3. The Balaban J connectivity index is 1.61. The van der Waals surface area contributed by atoms with Crippen LogP contribution in [0.5, 0.6) is 0 Å². The van der Waals surface area contributed by atoms with Crippen molar-refractivity contribution in [3.05, 3.63) is 118 Å². The summed E-state index contributed by atoms with van der Waals surface area (Å²) in [5, 5.41) is 14.7. The van der Waals surface area contributed by atoms with E-state index < -0.39 is 48.7 Å². The van der Waals surface area contributed by atoms with Crippen molar-refractivity contribution in [3.8, 4) is 0 Å². The Morgan fingerprint density at radius 3 is 1.76 bits per heavy atom. The average Bonchev–Trinajstić information content (AvgIpc) is 3.18. The van der Waals surface area contributed by atoms with E-state index >= 15 is 0 Å². The summed E-state index contributed by atoms with van der Waals surface area (Å²) in [4.78, 5) is 40.6. The maximum Gasteiger partial charge on any atom is 0.340 e. The highest BCUT2D eigenvalue weighted by Gasteiger charge is 2.61. The number of nitrogens with zero attached hydrogens (tertiary/aromatic N) is 3. The minimum atomic E-state index is -2.67. The van der Waals surface area contributed by atoms with Crippen LogP contribution in [0.1, 0.15) is 31.1 Å². The Labute approximate surface area is 210 Å². The summed E-state index contributed by atoms with van der Waals surface area (Å²) < 4.78 is 21.7. The third kappa shape index (κ3) is 5.76. The van der Waals surface area contributed by atoms with Crippen LogP contribution in [0.15, 0.2) is 96.1 Å². The number of benzene rings is 3. The molecular formula is C26H21N3O8. The fraction of sp³-hybridized carbons (Fsp3) is 0.192. The van der Waals surface area contributed by atoms with Gasteiger partial charge in [0.15, 0.2) is 6.10 Å². The van der Waals surface area contributed by atoms with Gasteiger partial charge in [-0.05, 0) is 47.0 Å². The largest absolute Gasteiger partial charge is 0.459 e. The summed E-state index contributed by atoms with van der Waals surface area (Å²) in [6.07, 6.45) is -4.94. The molecule has 3 aromatic rings. The standard InChI is InChI=1S/C26H21N3O8/c27-29-28-26(33)21(36-23(31)18-12-6-2-7-13-18)20(16-34-22(30)17-10-4-1-5-11-17)35-25(26)37-24(32)19-14-8-3-9-15-19/h1-15,20-21,25,33H,16H2/t20-,21-,25+,26-/m1/s1. The van der Waals surface area contributed by atoms with Gasteiger partial charge in [0, 0.05) is 4.91 Å². The minimum Gasteiger partial charge on any atom is -0.459 e. The lowest BCUT2D eigenvalue weighted by Crippen LogP contribution is -2.50. The predicted octanol–water partition coefficient (Wildman–Crippen LogP) is 3.65. The van der Waals surface area contributed by atoms with Crippen LogP contribution in [0.2, 0.25) is 0 Å². The van der Waals surface area contributed by atoms with E-state index in [1.165, 1.54) is 36.4 Å². The van der Waals surface area contributed by atoms with Crippen LogP contribution >= 0.6 is 0 Å². The zero-order chi connectivity index (χ0) is 26.3. The van der Waals surface area contributed by atoms with Gasteiger partial charge in [-0.1, -0.05) is 54.6 Å². The monoisotopic (exact) mass is 503 g/mol. The lowest BCUT2D eigenvalue weighted by Gasteiger charge is -2.28. The first-order valence-corrected chi connectivity index (χ1v) is 11.1. The summed E-state index contributed by atoms with van der Waals surface area (Å²) in [7, 11) is 0. The first kappa shape index (κ1) is 25.4. The van der Waals surface area contributed by atoms with Crippen molar-refractivity contribution in [1.29, 1.82) is 0 Å². The molecule has 0 saturated carbocycles. The number of azide groups is 1. The van der Waals surface area contributed by atoms with E-state index in [1.807, 2.05) is 0 Å². The maximum absolute atomic E-state index is 12.8. The number of ether oxygens (including phenoxy) is 4. The van der Waals surface area contributed by atoms with Gasteiger partial charge in [0.05, 0.1) is 16.7 Å². The summed E-state index contributed by atoms with van der Waals surface area (Å²) >= 11 is 0. The van der Waals surface area contributed by atoms with Crippen molar-refractivity contribution >= 4 is 17.9 Å². The Kier molecular flexibility index (Phi) is 7.80. The molecule has 0 spiro atoms. The van der Waals surface area contributed by atoms with Gasteiger partial charge < -0.3 is 24.1 Å². The molecule has 0 aliphatic carbocycles. The number of hydrogen-bond acceptors (Lipinski definition) is 9. The molecule has 37 heavy (non-hydrogen) atoms. The first-order chi connectivity index (χ1) is 17.9. The Morgan fingerprint density at radius 2 is 1.27 bits per heavy atom. The Hall–Kier alpha value is -4.70. The van der Waals surface area contributed by atoms with Crippen LogP contribution in [-0.2, 0) is 18.9 Å². The average molecular weight is 503 g/mol. The molecule has 3 aromatic carbocycles. The predicted molar refractivity (Wildman–Crippen MR) is 127 cm³/mol. The van der Waals surface area contributed by atoms with Gasteiger partial charge >= 0.3 is 17.9 Å². The second-order valence-electron chi connectivity index (χ2n) is 7.91. The van der Waals surface area contributed by atoms with Crippen LogP contribution in [0.4, 0.5) is 0 Å². The van der Waals surface area contributed by atoms with E-state index in [-0.39, 0.29) is 16.7 Å². The number of rotatable bonds is 8. The molecule has 4 rings (SSSR count). The van der Waals surface area contributed by atoms with Gasteiger partial charge in [0.25, 0.3) is 0 Å². The number of esters is 3. The highest BCUT2D eigenvalue weighted by molar-refractivity contribution is 5.90. The van der Waals surface area contributed by atoms with Crippen molar-refractivity contribution in [2.45, 2.75) is 24.2 Å². The summed E-state index contributed by atoms with van der Waals surface area (Å²) in [5.74, 6) is -2.49. The van der Waals surface area contributed by atoms with Crippen LogP contribution in [0, 0.1) is 0 Å². The van der Waals surface area contributed by atoms with Crippen LogP contribution < -0.4 is 0 Å². The first-order valence-electron chi connectivity index (χ1n) is 11.1. The SMILES string of the molecule is [N-]=[N+]=N[C@]1(O)[C@H](OC(=O)c2ccccc2)O[C@H](COC(=O)c2ccccc2)[C@H]1OC(=O)c1ccccc1. The van der Waals surface area contributed by atoms with Crippen molar-refractivity contribution in [2.75, 3.05) is 6.61 Å². The molecule has 188 valence electrons. The van der Waals surface area contributed by atoms with Crippen molar-refractivity contribution in [2.24, 2.45) is 5.11 Å². The molecule has 0 radical (unpaired) electrons. The van der Waals surface area contributed by atoms with Gasteiger partial charge in [0.1, 0.15) is 12.7 Å². The minimum absolute atomic E-state index is 0.131. The van der Waals surface area contributed by atoms with E-state index in [1.54, 1.807) is 54.6 Å². The van der Waals surface area contributed by atoms with E-state index in [9.17, 15) is 19.5 Å². The molecule has 1 heterocycles. The number of aliphatic hydroxyl groups is 1. The molecule has 11 heteroatoms. The zero-order valence-corrected chi connectivity index (χ0v) is 19.2. The Bertz CT molecular complexity index is 1300. The van der Waals surface area contributed by atoms with E-state index in [0.717, 1.165) is 0 Å². The zero-order valence-electron chi connectivity index (χ0n) is 19.2. The highest BCUT2D eigenvalue weighted by Crippen LogP contribution is 2.37. The molecule has 1 saturated heterocycles. The highest BCUT2D eigenvalue weighted by atomic mass is 16.7. The van der Waals surface area contributed by atoms with E-state index in [4.69, 9.17) is 24.5 Å². The quantitative estimate of drug-likeness (QED) is 0.160. The van der Waals surface area contributed by atoms with Gasteiger partial charge in [-0.2, -0.15) is 0 Å². The van der Waals surface area contributed by atoms with Crippen LogP contribution in [0.25, 0.3) is 10.4 Å². The maximum atomic E-state index is 12.8. The molecule has 0 bridgehead atoms. The fourth-order valence-electron chi connectivity index (χ4n) is 3.63. The second-order valence-corrected chi connectivity index (χ2v) is 7.91. The Morgan fingerprint density at radius 1 is 0.811 bits per heavy atom. The lowest BCUT2D eigenvalue weighted by molar-refractivity contribution is -0.177. The summed E-state index contributed by atoms with van der Waals surface area (Å²) in [5.41, 5.74) is 7.00. The van der Waals surface area contributed by atoms with Crippen molar-refractivity contribution in [1.82, 2.24) is 0 Å². The lowest BCUT2D eigenvalue weighted by atomic mass is 10.0. The third-order valence-electron chi connectivity index (χ3n) is 5.46. The molecular weight excluding hydrogens is 482 g/mol. The van der Waals surface area contributed by atoms with Gasteiger partial charge in [-0.15, -0.1) is 0 Å². The van der Waals surface area contributed by atoms with E-state index in [2.05, 4.69) is 10.0 Å². The molecule has 0 unspecified atom stereocenters. The summed E-state index contributed by atoms with van der Waals surface area (Å²) in [6, 6.07) is 23.7. The van der Waals surface area contributed by atoms with Gasteiger partial charge in [-0.25, -0.2) is 14.4 Å². The molecule has 0 aromatic heterocycles. The van der Waals surface area contributed by atoms with Crippen LogP contribution in [-0.4, -0.2) is 53.8 Å². The van der Waals surface area contributed by atoms with E-state index in [0.29, 0.717) is 0 Å². The molecule has 1 fully saturated rings. The van der Waals surface area contributed by atoms with Gasteiger partial charge in [-0.3, -0.25) is 0 Å². The molecule has 11 nitrogen and oxygen atoms in total. The third-order valence-corrected chi connectivity index (χ3v) is 5.46. The molecule has 1 N–H and O–H groups in total. The topological polar surface area (TPSA) is 157 Å². The summed E-state index contributed by atoms with van der Waals surface area (Å²) in [6.45, 7) is -0.525.